The van der Waals surface area contributed by atoms with Crippen molar-refractivity contribution in [2.75, 3.05) is 5.73 Å². The Hall–Kier alpha value is -1.42. The molecule has 0 atom stereocenters. The van der Waals surface area contributed by atoms with Gasteiger partial charge in [0.2, 0.25) is 0 Å². The number of Topliss-reactive ketones (excluding diaryl/α,β-unsaturated/α-hetero) is 1. The van der Waals surface area contributed by atoms with Gasteiger partial charge >= 0.3 is 0 Å². The van der Waals surface area contributed by atoms with Gasteiger partial charge in [0.05, 0.1) is 11.2 Å². The molecule has 3 nitrogen and oxygen atoms in total. The molecule has 0 aliphatic heterocycles. The first-order valence-corrected chi connectivity index (χ1v) is 5.24. The van der Waals surface area contributed by atoms with Crippen LogP contribution in [0.5, 0.6) is 0 Å². The number of nitrogens with zero attached hydrogens (tertiary/aromatic N) is 1. The van der Waals surface area contributed by atoms with Crippen molar-refractivity contribution < 1.29 is 4.79 Å². The van der Waals surface area contributed by atoms with E-state index in [9.17, 15) is 4.79 Å². The zero-order chi connectivity index (χ0) is 11.0. The largest absolute Gasteiger partial charge is 0.397 e. The number of halogens is 1. The first-order chi connectivity index (χ1) is 7.08. The topological polar surface area (TPSA) is 56.0 Å². The van der Waals surface area contributed by atoms with Crippen LogP contribution in [0, 0.1) is 0 Å². The second kappa shape index (κ2) is 3.62. The molecule has 0 saturated heterocycles. The van der Waals surface area contributed by atoms with Gasteiger partial charge in [-0.1, -0.05) is 22.0 Å². The fourth-order valence-electron chi connectivity index (χ4n) is 1.44. The van der Waals surface area contributed by atoms with Gasteiger partial charge < -0.3 is 5.73 Å². The molecule has 15 heavy (non-hydrogen) atoms. The Bertz CT molecular complexity index is 552. The lowest BCUT2D eigenvalue weighted by atomic mass is 10.1. The minimum atomic E-state index is -0.116. The maximum Gasteiger partial charge on any atom is 0.180 e. The Morgan fingerprint density at radius 2 is 2.13 bits per heavy atom. The van der Waals surface area contributed by atoms with Crippen LogP contribution in [-0.2, 0) is 0 Å². The maximum absolute atomic E-state index is 11.2. The third kappa shape index (κ3) is 1.85. The molecule has 0 bridgehead atoms. The lowest BCUT2D eigenvalue weighted by molar-refractivity contribution is 0.101. The Morgan fingerprint density at radius 1 is 1.40 bits per heavy atom. The molecule has 0 amide bonds. The number of pyridine rings is 1. The van der Waals surface area contributed by atoms with Gasteiger partial charge in [-0.05, 0) is 18.2 Å². The van der Waals surface area contributed by atoms with Crippen molar-refractivity contribution in [3.05, 3.63) is 34.4 Å². The highest BCUT2D eigenvalue weighted by atomic mass is 79.9. The second-order valence-electron chi connectivity index (χ2n) is 3.32. The number of carbonyl (C=O) groups excluding carboxylic acids is 1. The molecule has 0 aliphatic rings. The summed E-state index contributed by atoms with van der Waals surface area (Å²) in [5.41, 5.74) is 7.26. The van der Waals surface area contributed by atoms with Crippen LogP contribution in [-0.4, -0.2) is 10.8 Å². The SMILES string of the molecule is CC(=O)c1nc2cc(Br)ccc2cc1N. The summed E-state index contributed by atoms with van der Waals surface area (Å²) in [6.45, 7) is 1.46. The van der Waals surface area contributed by atoms with Gasteiger partial charge in [0, 0.05) is 16.8 Å². The molecule has 0 spiro atoms. The van der Waals surface area contributed by atoms with Crippen molar-refractivity contribution in [2.24, 2.45) is 0 Å². The molecule has 0 aliphatic carbocycles. The molecular weight excluding hydrogens is 256 g/mol. The lowest BCUT2D eigenvalue weighted by Gasteiger charge is -2.04. The summed E-state index contributed by atoms with van der Waals surface area (Å²) in [7, 11) is 0. The first-order valence-electron chi connectivity index (χ1n) is 4.44. The van der Waals surface area contributed by atoms with E-state index < -0.39 is 0 Å². The van der Waals surface area contributed by atoms with Crippen LogP contribution >= 0.6 is 15.9 Å². The number of nitrogens with two attached hydrogens (primary N) is 1. The monoisotopic (exact) mass is 264 g/mol. The van der Waals surface area contributed by atoms with Crippen LogP contribution < -0.4 is 5.73 Å². The highest BCUT2D eigenvalue weighted by Crippen LogP contribution is 2.22. The van der Waals surface area contributed by atoms with Gasteiger partial charge in [-0.25, -0.2) is 4.98 Å². The van der Waals surface area contributed by atoms with Gasteiger partial charge in [-0.2, -0.15) is 0 Å². The van der Waals surface area contributed by atoms with E-state index in [1.807, 2.05) is 18.2 Å². The number of ketones is 1. The highest BCUT2D eigenvalue weighted by molar-refractivity contribution is 9.10. The van der Waals surface area contributed by atoms with Gasteiger partial charge in [0.15, 0.2) is 5.78 Å². The van der Waals surface area contributed by atoms with Crippen molar-refractivity contribution in [2.45, 2.75) is 6.92 Å². The van der Waals surface area contributed by atoms with Crippen LogP contribution in [0.15, 0.2) is 28.7 Å². The quantitative estimate of drug-likeness (QED) is 0.806. The Balaban J connectivity index is 2.77. The Labute approximate surface area is 95.4 Å². The minimum Gasteiger partial charge on any atom is -0.397 e. The number of hydrogen-bond donors (Lipinski definition) is 1. The standard InChI is InChI=1S/C11H9BrN2O/c1-6(15)11-9(13)4-7-2-3-8(12)5-10(7)14-11/h2-5H,13H2,1H3. The molecule has 1 aromatic heterocycles. The Morgan fingerprint density at radius 3 is 2.80 bits per heavy atom. The minimum absolute atomic E-state index is 0.116. The van der Waals surface area contributed by atoms with Gasteiger partial charge in [0.1, 0.15) is 5.69 Å². The zero-order valence-corrected chi connectivity index (χ0v) is 9.71. The number of nitrogen functional groups attached to an aromatic ring is 1. The van der Waals surface area contributed by atoms with Crippen LogP contribution in [0.3, 0.4) is 0 Å². The second-order valence-corrected chi connectivity index (χ2v) is 4.24. The van der Waals surface area contributed by atoms with E-state index in [2.05, 4.69) is 20.9 Å². The number of fused-ring (bicyclic) bond motifs is 1. The molecule has 0 saturated carbocycles. The Kier molecular flexibility index (Phi) is 2.44. The predicted molar refractivity (Wildman–Crippen MR) is 63.9 cm³/mol. The van der Waals surface area contributed by atoms with Crippen molar-refractivity contribution in [3.63, 3.8) is 0 Å². The summed E-state index contributed by atoms with van der Waals surface area (Å²) in [6, 6.07) is 7.45. The van der Waals surface area contributed by atoms with Crippen LogP contribution in [0.25, 0.3) is 10.9 Å². The van der Waals surface area contributed by atoms with E-state index in [1.165, 1.54) is 6.92 Å². The van der Waals surface area contributed by atoms with E-state index in [1.54, 1.807) is 6.07 Å². The van der Waals surface area contributed by atoms with E-state index in [-0.39, 0.29) is 5.78 Å². The fraction of sp³-hybridized carbons (Fsp3) is 0.0909. The molecule has 4 heteroatoms. The number of rotatable bonds is 1. The van der Waals surface area contributed by atoms with Gasteiger partial charge in [-0.3, -0.25) is 4.79 Å². The van der Waals surface area contributed by atoms with Gasteiger partial charge in [0.25, 0.3) is 0 Å². The smallest absolute Gasteiger partial charge is 0.180 e. The van der Waals surface area contributed by atoms with Gasteiger partial charge in [-0.15, -0.1) is 0 Å². The normalized spacial score (nSPS) is 10.5. The molecule has 0 radical (unpaired) electrons. The van der Waals surface area contributed by atoms with Crippen molar-refractivity contribution in [1.29, 1.82) is 0 Å². The number of aromatic nitrogens is 1. The summed E-state index contributed by atoms with van der Waals surface area (Å²) < 4.78 is 0.932. The average molecular weight is 265 g/mol. The number of carbonyl (C=O) groups is 1. The lowest BCUT2D eigenvalue weighted by Crippen LogP contribution is -2.03. The van der Waals surface area contributed by atoms with E-state index in [4.69, 9.17) is 5.73 Å². The van der Waals surface area contributed by atoms with Crippen molar-refractivity contribution in [3.8, 4) is 0 Å². The molecule has 2 rings (SSSR count). The third-order valence-corrected chi connectivity index (χ3v) is 2.64. The molecule has 1 heterocycles. The molecular formula is C11H9BrN2O. The predicted octanol–water partition coefficient (Wildman–Crippen LogP) is 2.78. The summed E-state index contributed by atoms with van der Waals surface area (Å²) >= 11 is 3.36. The maximum atomic E-state index is 11.2. The van der Waals surface area contributed by atoms with Crippen molar-refractivity contribution >= 4 is 38.3 Å². The summed E-state index contributed by atoms with van der Waals surface area (Å²) in [6.07, 6.45) is 0. The summed E-state index contributed by atoms with van der Waals surface area (Å²) in [4.78, 5) is 15.5. The summed E-state index contributed by atoms with van der Waals surface area (Å²) in [5, 5.41) is 0.931. The molecule has 0 fully saturated rings. The third-order valence-electron chi connectivity index (χ3n) is 2.14. The average Bonchev–Trinajstić information content (AvgIpc) is 2.17. The van der Waals surface area contributed by atoms with E-state index in [0.717, 1.165) is 15.4 Å². The van der Waals surface area contributed by atoms with Crippen LogP contribution in [0.1, 0.15) is 17.4 Å². The first kappa shape index (κ1) is 10.1. The highest BCUT2D eigenvalue weighted by Gasteiger charge is 2.08. The molecule has 2 N–H and O–H groups in total. The number of hydrogen-bond acceptors (Lipinski definition) is 3. The van der Waals surface area contributed by atoms with Crippen LogP contribution in [0.2, 0.25) is 0 Å². The molecule has 0 unspecified atom stereocenters. The zero-order valence-electron chi connectivity index (χ0n) is 8.12. The molecule has 2 aromatic rings. The molecule has 76 valence electrons. The number of benzene rings is 1. The number of anilines is 1. The van der Waals surface area contributed by atoms with E-state index in [0.29, 0.717) is 11.4 Å². The van der Waals surface area contributed by atoms with Crippen LogP contribution in [0.4, 0.5) is 5.69 Å². The molecule has 1 aromatic carbocycles. The fourth-order valence-corrected chi connectivity index (χ4v) is 1.79. The summed E-state index contributed by atoms with van der Waals surface area (Å²) in [5.74, 6) is -0.116. The van der Waals surface area contributed by atoms with Crippen molar-refractivity contribution in [1.82, 2.24) is 4.98 Å². The van der Waals surface area contributed by atoms with E-state index >= 15 is 0 Å².